The van der Waals surface area contributed by atoms with Gasteiger partial charge in [-0.25, -0.2) is 9.36 Å². The molecule has 1 aromatic heterocycles. The molecule has 2 heterocycles. The highest BCUT2D eigenvalue weighted by Crippen LogP contribution is 2.43. The molecule has 1 aliphatic rings. The smallest absolute Gasteiger partial charge is 0.333 e. The lowest BCUT2D eigenvalue weighted by atomic mass is 9.80. The summed E-state index contributed by atoms with van der Waals surface area (Å²) in [5, 5.41) is 9.13. The first kappa shape index (κ1) is 35.7. The van der Waals surface area contributed by atoms with Crippen molar-refractivity contribution in [3.8, 4) is 23.8 Å². The maximum Gasteiger partial charge on any atom is 0.333 e. The van der Waals surface area contributed by atoms with Crippen LogP contribution >= 0.6 is 0 Å². The summed E-state index contributed by atoms with van der Waals surface area (Å²) in [5.74, 6) is 1.73. The number of nitrogens with zero attached hydrogens (tertiary/aromatic N) is 2. The molecule has 50 heavy (non-hydrogen) atoms. The second-order valence-corrected chi connectivity index (χ2v) is 11.7. The van der Waals surface area contributed by atoms with E-state index in [-0.39, 0.29) is 31.6 Å². The van der Waals surface area contributed by atoms with E-state index in [0.717, 1.165) is 21.3 Å². The number of carbonyl (C=O) groups excluding carboxylic acids is 1. The number of hydrogen-bond acceptors (Lipinski definition) is 9. The molecule has 0 bridgehead atoms. The fourth-order valence-corrected chi connectivity index (χ4v) is 6.06. The number of rotatable bonds is 14. The third kappa shape index (κ3) is 7.49. The van der Waals surface area contributed by atoms with Crippen LogP contribution in [0.25, 0.3) is 0 Å². The van der Waals surface area contributed by atoms with Gasteiger partial charge < -0.3 is 28.8 Å². The monoisotopic (exact) mass is 682 g/mol. The SMILES string of the molecule is C#CCn1c(=O)c(C)cn([C@H]2C[C@H](OC(=O)CCC(=O)O)[C@@H](COC(c3ccccc3)(c3ccc(OC)cc3)c3ccc(OC)cc3)O2)c1=O. The van der Waals surface area contributed by atoms with Crippen LogP contribution in [0, 0.1) is 19.3 Å². The Morgan fingerprint density at radius 2 is 1.50 bits per heavy atom. The summed E-state index contributed by atoms with van der Waals surface area (Å²) in [6, 6.07) is 24.5. The molecule has 12 heteroatoms. The quantitative estimate of drug-likeness (QED) is 0.118. The molecular formula is C38H38N2O10. The van der Waals surface area contributed by atoms with Crippen molar-refractivity contribution in [2.75, 3.05) is 20.8 Å². The number of esters is 1. The number of carboxylic acids is 1. The lowest BCUT2D eigenvalue weighted by Gasteiger charge is -2.37. The number of carbonyl (C=O) groups is 2. The Bertz CT molecular complexity index is 1910. The van der Waals surface area contributed by atoms with Crippen molar-refractivity contribution in [1.29, 1.82) is 0 Å². The van der Waals surface area contributed by atoms with Gasteiger partial charge in [0.1, 0.15) is 35.5 Å². The number of aromatic nitrogens is 2. The van der Waals surface area contributed by atoms with E-state index in [1.165, 1.54) is 10.8 Å². The van der Waals surface area contributed by atoms with E-state index < -0.39 is 53.6 Å². The summed E-state index contributed by atoms with van der Waals surface area (Å²) < 4.78 is 32.2. The first-order valence-corrected chi connectivity index (χ1v) is 15.9. The maximum atomic E-state index is 13.4. The van der Waals surface area contributed by atoms with Gasteiger partial charge in [-0.3, -0.25) is 19.0 Å². The fraction of sp³-hybridized carbons (Fsp3) is 0.316. The third-order valence-corrected chi connectivity index (χ3v) is 8.57. The van der Waals surface area contributed by atoms with Gasteiger partial charge in [0.05, 0.1) is 40.2 Å². The highest BCUT2D eigenvalue weighted by molar-refractivity contribution is 5.76. The molecule has 12 nitrogen and oxygen atoms in total. The van der Waals surface area contributed by atoms with Crippen LogP contribution in [-0.4, -0.2) is 59.2 Å². The predicted octanol–water partition coefficient (Wildman–Crippen LogP) is 4.04. The molecule has 3 aromatic carbocycles. The molecule has 0 aliphatic carbocycles. The molecule has 3 atom stereocenters. The molecule has 1 N–H and O–H groups in total. The standard InChI is InChI=1S/C38H38N2O10/c1-5-21-39-36(44)25(2)23-40(37(39)45)33-22-31(50-35(43)20-19-34(41)42)32(49-33)24-48-38(26-9-7-6-8-10-26,27-11-15-29(46-3)16-12-27)28-13-17-30(47-4)18-14-28/h1,6-18,23,31-33H,19-22,24H2,2-4H3,(H,41,42)/t31-,32+,33+/m0/s1. The number of aryl methyl sites for hydroxylation is 1. The average Bonchev–Trinajstić information content (AvgIpc) is 3.53. The Balaban J connectivity index is 1.58. The molecule has 0 radical (unpaired) electrons. The molecule has 4 aromatic rings. The van der Waals surface area contributed by atoms with E-state index in [1.54, 1.807) is 21.1 Å². The van der Waals surface area contributed by atoms with E-state index in [9.17, 15) is 19.2 Å². The fourth-order valence-electron chi connectivity index (χ4n) is 6.06. The topological polar surface area (TPSA) is 145 Å². The van der Waals surface area contributed by atoms with Crippen molar-refractivity contribution in [2.45, 2.75) is 56.8 Å². The largest absolute Gasteiger partial charge is 0.497 e. The molecule has 0 saturated carbocycles. The number of aliphatic carboxylic acids is 1. The first-order chi connectivity index (χ1) is 24.1. The number of ether oxygens (including phenoxy) is 5. The minimum Gasteiger partial charge on any atom is -0.497 e. The average molecular weight is 683 g/mol. The Hall–Kier alpha value is -5.64. The van der Waals surface area contributed by atoms with Gasteiger partial charge in [-0.1, -0.05) is 60.5 Å². The lowest BCUT2D eigenvalue weighted by Crippen LogP contribution is -2.42. The van der Waals surface area contributed by atoms with Crippen molar-refractivity contribution < 1.29 is 38.4 Å². The Labute approximate surface area is 288 Å². The number of terminal acetylenes is 1. The van der Waals surface area contributed by atoms with Crippen molar-refractivity contribution in [1.82, 2.24) is 9.13 Å². The van der Waals surface area contributed by atoms with Gasteiger partial charge in [-0.05, 0) is 47.9 Å². The van der Waals surface area contributed by atoms with Gasteiger partial charge >= 0.3 is 17.6 Å². The van der Waals surface area contributed by atoms with Crippen LogP contribution in [0.4, 0.5) is 0 Å². The molecule has 5 rings (SSSR count). The van der Waals surface area contributed by atoms with Crippen LogP contribution in [0.5, 0.6) is 11.5 Å². The normalized spacial score (nSPS) is 17.1. The summed E-state index contributed by atoms with van der Waals surface area (Å²) in [4.78, 5) is 50.2. The Kier molecular flexibility index (Phi) is 11.2. The molecule has 1 saturated heterocycles. The summed E-state index contributed by atoms with van der Waals surface area (Å²) >= 11 is 0. The summed E-state index contributed by atoms with van der Waals surface area (Å²) in [6.45, 7) is 1.18. The van der Waals surface area contributed by atoms with Crippen molar-refractivity contribution in [2.24, 2.45) is 0 Å². The molecule has 1 aliphatic heterocycles. The second kappa shape index (κ2) is 15.7. The maximum absolute atomic E-state index is 13.4. The van der Waals surface area contributed by atoms with Gasteiger partial charge in [0.25, 0.3) is 5.56 Å². The summed E-state index contributed by atoms with van der Waals surface area (Å²) in [6.07, 6.45) is 3.23. The minimum absolute atomic E-state index is 0.0177. The zero-order valence-electron chi connectivity index (χ0n) is 27.9. The highest BCUT2D eigenvalue weighted by Gasteiger charge is 2.44. The van der Waals surface area contributed by atoms with E-state index in [1.807, 2.05) is 78.9 Å². The van der Waals surface area contributed by atoms with E-state index in [4.69, 9.17) is 35.2 Å². The summed E-state index contributed by atoms with van der Waals surface area (Å²) in [5.41, 5.74) is 0.127. The van der Waals surface area contributed by atoms with Gasteiger partial charge in [0, 0.05) is 18.2 Å². The number of carboxylic acid groups (broad SMARTS) is 1. The molecule has 0 spiro atoms. The predicted molar refractivity (Wildman–Crippen MR) is 182 cm³/mol. The van der Waals surface area contributed by atoms with E-state index in [0.29, 0.717) is 11.5 Å². The molecule has 260 valence electrons. The second-order valence-electron chi connectivity index (χ2n) is 11.7. The van der Waals surface area contributed by atoms with Crippen LogP contribution in [-0.2, 0) is 35.9 Å². The van der Waals surface area contributed by atoms with Gasteiger partial charge in [-0.15, -0.1) is 6.42 Å². The minimum atomic E-state index is -1.23. The zero-order valence-corrected chi connectivity index (χ0v) is 27.9. The Morgan fingerprint density at radius 1 is 0.920 bits per heavy atom. The molecule has 0 amide bonds. The number of hydrogen-bond donors (Lipinski definition) is 1. The van der Waals surface area contributed by atoms with Gasteiger partial charge in [-0.2, -0.15) is 0 Å². The highest BCUT2D eigenvalue weighted by atomic mass is 16.6. The van der Waals surface area contributed by atoms with Crippen LogP contribution in [0.15, 0.2) is 94.6 Å². The van der Waals surface area contributed by atoms with Gasteiger partial charge in [0.15, 0.2) is 0 Å². The van der Waals surface area contributed by atoms with Crippen LogP contribution in [0.3, 0.4) is 0 Å². The lowest BCUT2D eigenvalue weighted by molar-refractivity contribution is -0.157. The number of benzene rings is 3. The van der Waals surface area contributed by atoms with E-state index >= 15 is 0 Å². The van der Waals surface area contributed by atoms with Crippen molar-refractivity contribution in [3.05, 3.63) is 128 Å². The van der Waals surface area contributed by atoms with Crippen LogP contribution in [0.1, 0.15) is 47.7 Å². The molecule has 0 unspecified atom stereocenters. The molecular weight excluding hydrogens is 644 g/mol. The number of methoxy groups -OCH3 is 2. The third-order valence-electron chi connectivity index (χ3n) is 8.57. The van der Waals surface area contributed by atoms with Crippen molar-refractivity contribution >= 4 is 11.9 Å². The molecule has 1 fully saturated rings. The van der Waals surface area contributed by atoms with E-state index in [2.05, 4.69) is 5.92 Å². The first-order valence-electron chi connectivity index (χ1n) is 15.9. The zero-order chi connectivity index (χ0) is 35.8. The van der Waals surface area contributed by atoms with Crippen molar-refractivity contribution in [3.63, 3.8) is 0 Å². The summed E-state index contributed by atoms with van der Waals surface area (Å²) in [7, 11) is 3.16. The van der Waals surface area contributed by atoms with Crippen LogP contribution in [0.2, 0.25) is 0 Å². The Morgan fingerprint density at radius 3 is 2.04 bits per heavy atom. The van der Waals surface area contributed by atoms with Gasteiger partial charge in [0.2, 0.25) is 0 Å². The van der Waals surface area contributed by atoms with Crippen LogP contribution < -0.4 is 20.7 Å².